The molecule has 1 atom stereocenters. The average molecular weight is 238 g/mol. The van der Waals surface area contributed by atoms with Gasteiger partial charge in [0.2, 0.25) is 0 Å². The van der Waals surface area contributed by atoms with Crippen LogP contribution in [0.2, 0.25) is 0 Å². The van der Waals surface area contributed by atoms with E-state index < -0.39 is 12.2 Å². The Morgan fingerprint density at radius 3 is 2.06 bits per heavy atom. The molecule has 0 aromatic heterocycles. The lowest BCUT2D eigenvalue weighted by Gasteiger charge is -2.35. The topological polar surface area (TPSA) is 29.3 Å². The Labute approximate surface area is 95.0 Å². The molecule has 0 saturated heterocycles. The summed E-state index contributed by atoms with van der Waals surface area (Å²) >= 11 is 0. The minimum absolute atomic E-state index is 0.0395. The molecular formula is C11H21F3N2. The van der Waals surface area contributed by atoms with E-state index in [1.165, 1.54) is 4.90 Å². The molecule has 1 aliphatic carbocycles. The van der Waals surface area contributed by atoms with Crippen molar-refractivity contribution < 1.29 is 13.2 Å². The zero-order chi connectivity index (χ0) is 12.2. The van der Waals surface area contributed by atoms with Crippen LogP contribution in [0.4, 0.5) is 13.2 Å². The maximum absolute atomic E-state index is 12.7. The normalized spacial score (nSPS) is 22.1. The van der Waals surface area contributed by atoms with E-state index in [0.717, 1.165) is 38.5 Å². The van der Waals surface area contributed by atoms with Crippen molar-refractivity contribution in [2.75, 3.05) is 13.6 Å². The molecular weight excluding hydrogens is 217 g/mol. The number of rotatable bonds is 3. The minimum atomic E-state index is -4.21. The molecule has 16 heavy (non-hydrogen) atoms. The highest BCUT2D eigenvalue weighted by atomic mass is 19.4. The molecule has 2 N–H and O–H groups in total. The van der Waals surface area contributed by atoms with E-state index in [2.05, 4.69) is 0 Å². The van der Waals surface area contributed by atoms with Gasteiger partial charge in [-0.2, -0.15) is 13.2 Å². The number of hydrogen-bond acceptors (Lipinski definition) is 2. The van der Waals surface area contributed by atoms with Crippen molar-refractivity contribution in [3.05, 3.63) is 0 Å². The van der Waals surface area contributed by atoms with Crippen LogP contribution in [0.5, 0.6) is 0 Å². The summed E-state index contributed by atoms with van der Waals surface area (Å²) in [4.78, 5) is 1.44. The van der Waals surface area contributed by atoms with Gasteiger partial charge in [0.25, 0.3) is 0 Å². The highest BCUT2D eigenvalue weighted by Gasteiger charge is 2.43. The van der Waals surface area contributed by atoms with Crippen molar-refractivity contribution in [2.45, 2.75) is 56.8 Å². The number of likely N-dealkylation sites (N-methyl/N-ethyl adjacent to an activating group) is 1. The van der Waals surface area contributed by atoms with Gasteiger partial charge in [-0.15, -0.1) is 0 Å². The number of nitrogens with zero attached hydrogens (tertiary/aromatic N) is 1. The van der Waals surface area contributed by atoms with Crippen LogP contribution in [0.25, 0.3) is 0 Å². The first kappa shape index (κ1) is 13.8. The van der Waals surface area contributed by atoms with E-state index in [-0.39, 0.29) is 12.6 Å². The van der Waals surface area contributed by atoms with E-state index >= 15 is 0 Å². The van der Waals surface area contributed by atoms with Gasteiger partial charge in [0.15, 0.2) is 0 Å². The van der Waals surface area contributed by atoms with Crippen molar-refractivity contribution in [2.24, 2.45) is 5.73 Å². The molecule has 2 nitrogen and oxygen atoms in total. The summed E-state index contributed by atoms with van der Waals surface area (Å²) in [6.07, 6.45) is 1.86. The van der Waals surface area contributed by atoms with Crippen molar-refractivity contribution in [1.29, 1.82) is 0 Å². The Morgan fingerprint density at radius 1 is 1.19 bits per heavy atom. The predicted molar refractivity (Wildman–Crippen MR) is 58.2 cm³/mol. The molecule has 1 aliphatic rings. The third-order valence-electron chi connectivity index (χ3n) is 3.49. The number of nitrogens with two attached hydrogens (primary N) is 1. The number of alkyl halides is 3. The second-order valence-corrected chi connectivity index (χ2v) is 4.60. The average Bonchev–Trinajstić information content (AvgIpc) is 2.44. The first-order valence-electron chi connectivity index (χ1n) is 5.95. The van der Waals surface area contributed by atoms with Crippen LogP contribution >= 0.6 is 0 Å². The molecule has 1 fully saturated rings. The van der Waals surface area contributed by atoms with Gasteiger partial charge in [-0.1, -0.05) is 25.7 Å². The van der Waals surface area contributed by atoms with Crippen LogP contribution in [0.3, 0.4) is 0 Å². The Bertz CT molecular complexity index is 198. The molecule has 0 radical (unpaired) electrons. The highest BCUT2D eigenvalue weighted by molar-refractivity contribution is 4.83. The van der Waals surface area contributed by atoms with Gasteiger partial charge in [-0.05, 0) is 19.9 Å². The predicted octanol–water partition coefficient (Wildman–Crippen LogP) is 2.53. The van der Waals surface area contributed by atoms with Crippen LogP contribution in [0, 0.1) is 0 Å². The van der Waals surface area contributed by atoms with Crippen molar-refractivity contribution in [3.8, 4) is 0 Å². The molecule has 96 valence electrons. The molecule has 1 rings (SSSR count). The Hall–Kier alpha value is -0.290. The van der Waals surface area contributed by atoms with Gasteiger partial charge in [0.05, 0.1) is 0 Å². The van der Waals surface area contributed by atoms with Gasteiger partial charge < -0.3 is 5.73 Å². The highest BCUT2D eigenvalue weighted by Crippen LogP contribution is 2.29. The molecule has 5 heteroatoms. The number of halogens is 3. The zero-order valence-corrected chi connectivity index (χ0v) is 9.76. The molecule has 0 bridgehead atoms. The molecule has 0 heterocycles. The first-order valence-corrected chi connectivity index (χ1v) is 5.95. The van der Waals surface area contributed by atoms with Gasteiger partial charge in [0, 0.05) is 12.6 Å². The third-order valence-corrected chi connectivity index (χ3v) is 3.49. The monoisotopic (exact) mass is 238 g/mol. The largest absolute Gasteiger partial charge is 0.405 e. The minimum Gasteiger partial charge on any atom is -0.329 e. The third kappa shape index (κ3) is 3.63. The van der Waals surface area contributed by atoms with Gasteiger partial charge in [0.1, 0.15) is 6.04 Å². The van der Waals surface area contributed by atoms with E-state index in [0.29, 0.717) is 0 Å². The summed E-state index contributed by atoms with van der Waals surface area (Å²) in [7, 11) is 1.56. The van der Waals surface area contributed by atoms with Crippen molar-refractivity contribution >= 4 is 0 Å². The van der Waals surface area contributed by atoms with Crippen molar-refractivity contribution in [3.63, 3.8) is 0 Å². The van der Waals surface area contributed by atoms with E-state index in [4.69, 9.17) is 5.73 Å². The molecule has 0 aromatic carbocycles. The first-order chi connectivity index (χ1) is 7.46. The van der Waals surface area contributed by atoms with Crippen LogP contribution in [0.15, 0.2) is 0 Å². The fraction of sp³-hybridized carbons (Fsp3) is 1.00. The maximum Gasteiger partial charge on any atom is 0.405 e. The van der Waals surface area contributed by atoms with E-state index in [9.17, 15) is 13.2 Å². The van der Waals surface area contributed by atoms with E-state index in [1.807, 2.05) is 0 Å². The molecule has 1 saturated carbocycles. The lowest BCUT2D eigenvalue weighted by atomic mass is 10.1. The van der Waals surface area contributed by atoms with Gasteiger partial charge in [-0.3, -0.25) is 4.90 Å². The molecule has 0 aromatic rings. The fourth-order valence-electron chi connectivity index (χ4n) is 2.45. The zero-order valence-electron chi connectivity index (χ0n) is 9.76. The maximum atomic E-state index is 12.7. The van der Waals surface area contributed by atoms with Crippen molar-refractivity contribution in [1.82, 2.24) is 4.90 Å². The van der Waals surface area contributed by atoms with E-state index in [1.54, 1.807) is 7.05 Å². The number of hydrogen-bond donors (Lipinski definition) is 1. The summed E-state index contributed by atoms with van der Waals surface area (Å²) < 4.78 is 38.1. The molecule has 0 spiro atoms. The van der Waals surface area contributed by atoms with Crippen LogP contribution in [0.1, 0.15) is 38.5 Å². The second-order valence-electron chi connectivity index (χ2n) is 4.60. The van der Waals surface area contributed by atoms with Gasteiger partial charge in [-0.25, -0.2) is 0 Å². The Morgan fingerprint density at radius 2 is 1.69 bits per heavy atom. The quantitative estimate of drug-likeness (QED) is 0.765. The standard InChI is InChI=1S/C11H21F3N2/c1-16(10(8-15)11(12,13)14)9-6-4-2-3-5-7-9/h9-10H,2-8,15H2,1H3. The summed E-state index contributed by atoms with van der Waals surface area (Å²) in [5.41, 5.74) is 5.24. The Kier molecular flexibility index (Phi) is 5.05. The van der Waals surface area contributed by atoms with Crippen LogP contribution < -0.4 is 5.73 Å². The Balaban J connectivity index is 2.62. The summed E-state index contributed by atoms with van der Waals surface area (Å²) in [6.45, 7) is -0.351. The smallest absolute Gasteiger partial charge is 0.329 e. The summed E-state index contributed by atoms with van der Waals surface area (Å²) in [5, 5.41) is 0. The van der Waals surface area contributed by atoms with Crippen LogP contribution in [-0.4, -0.2) is 36.8 Å². The fourth-order valence-corrected chi connectivity index (χ4v) is 2.45. The molecule has 0 amide bonds. The summed E-state index contributed by atoms with van der Waals surface area (Å²) in [5.74, 6) is 0. The SMILES string of the molecule is CN(C1CCCCCC1)C(CN)C(F)(F)F. The van der Waals surface area contributed by atoms with Crippen LogP contribution in [-0.2, 0) is 0 Å². The summed E-state index contributed by atoms with van der Waals surface area (Å²) in [6, 6.07) is -1.45. The molecule has 1 unspecified atom stereocenters. The lowest BCUT2D eigenvalue weighted by molar-refractivity contribution is -0.183. The second kappa shape index (κ2) is 5.87. The lowest BCUT2D eigenvalue weighted by Crippen LogP contribution is -2.52. The van der Waals surface area contributed by atoms with Gasteiger partial charge >= 0.3 is 6.18 Å². The molecule has 0 aliphatic heterocycles.